The summed E-state index contributed by atoms with van der Waals surface area (Å²) in [6, 6.07) is 8.60. The number of allylic oxidation sites excluding steroid dienone is 1. The molecular weight excluding hydrogens is 569 g/mol. The lowest BCUT2D eigenvalue weighted by Gasteiger charge is -2.31. The van der Waals surface area contributed by atoms with Crippen LogP contribution in [0.25, 0.3) is 22.5 Å². The molecule has 216 valence electrons. The van der Waals surface area contributed by atoms with Crippen LogP contribution in [-0.2, 0) is 16.1 Å². The second-order valence-electron chi connectivity index (χ2n) is 10.3. The summed E-state index contributed by atoms with van der Waals surface area (Å²) in [5, 5.41) is 5.60. The van der Waals surface area contributed by atoms with Gasteiger partial charge in [0.05, 0.1) is 25.6 Å². The van der Waals surface area contributed by atoms with Gasteiger partial charge in [0.1, 0.15) is 24.7 Å². The standard InChI is InChI=1S/C29H31Cl2N5O5/c1-29(2,3)35(4)28(38)26-22-15-41-24-11-23(39-5)20(16(12-32)13-33-14-25(37)40-6)10-21(24)27(22)36(34-26)19-8-17(30)7-18(31)9-19/h7-13H,14-15,32H2,1-6H3. The Morgan fingerprint density at radius 1 is 1.17 bits per heavy atom. The van der Waals surface area contributed by atoms with Crippen LogP contribution in [0.1, 0.15) is 42.4 Å². The van der Waals surface area contributed by atoms with Crippen LogP contribution < -0.4 is 15.2 Å². The van der Waals surface area contributed by atoms with Crippen molar-refractivity contribution >= 4 is 46.9 Å². The Kier molecular flexibility index (Phi) is 8.65. The van der Waals surface area contributed by atoms with Gasteiger partial charge in [0, 0.05) is 63.4 Å². The summed E-state index contributed by atoms with van der Waals surface area (Å²) in [6.07, 6.45) is 2.82. The Balaban J connectivity index is 1.97. The van der Waals surface area contributed by atoms with Crippen LogP contribution >= 0.6 is 23.2 Å². The molecule has 4 rings (SSSR count). The molecule has 1 aliphatic heterocycles. The van der Waals surface area contributed by atoms with Crippen molar-refractivity contribution in [1.82, 2.24) is 14.7 Å². The van der Waals surface area contributed by atoms with Crippen molar-refractivity contribution in [3.8, 4) is 28.4 Å². The first-order valence-corrected chi connectivity index (χ1v) is 13.4. The van der Waals surface area contributed by atoms with Crippen molar-refractivity contribution in [1.29, 1.82) is 0 Å². The number of benzene rings is 2. The smallest absolute Gasteiger partial charge is 0.327 e. The molecule has 0 spiro atoms. The second kappa shape index (κ2) is 11.8. The molecule has 0 atom stereocenters. The number of amides is 1. The lowest BCUT2D eigenvalue weighted by Crippen LogP contribution is -2.43. The van der Waals surface area contributed by atoms with Crippen molar-refractivity contribution in [2.45, 2.75) is 32.9 Å². The number of hydrogen-bond donors (Lipinski definition) is 1. The van der Waals surface area contributed by atoms with E-state index in [2.05, 4.69) is 9.73 Å². The first-order valence-electron chi connectivity index (χ1n) is 12.6. The number of rotatable bonds is 7. The van der Waals surface area contributed by atoms with E-state index in [9.17, 15) is 9.59 Å². The van der Waals surface area contributed by atoms with Crippen LogP contribution in [0.2, 0.25) is 10.0 Å². The Bertz CT molecular complexity index is 1550. The van der Waals surface area contributed by atoms with Gasteiger partial charge in [-0.2, -0.15) is 5.10 Å². The minimum Gasteiger partial charge on any atom is -0.496 e. The molecule has 2 N–H and O–H groups in total. The van der Waals surface area contributed by atoms with Crippen LogP contribution in [0.4, 0.5) is 0 Å². The van der Waals surface area contributed by atoms with Gasteiger partial charge in [-0.25, -0.2) is 4.68 Å². The molecule has 1 aromatic heterocycles. The number of ether oxygens (including phenoxy) is 3. The van der Waals surface area contributed by atoms with Gasteiger partial charge >= 0.3 is 5.97 Å². The van der Waals surface area contributed by atoms with Crippen LogP contribution in [0.15, 0.2) is 41.5 Å². The molecule has 0 bridgehead atoms. The van der Waals surface area contributed by atoms with Crippen molar-refractivity contribution < 1.29 is 23.8 Å². The van der Waals surface area contributed by atoms with E-state index in [0.717, 1.165) is 0 Å². The van der Waals surface area contributed by atoms with Gasteiger partial charge in [0.15, 0.2) is 5.69 Å². The molecule has 0 unspecified atom stereocenters. The summed E-state index contributed by atoms with van der Waals surface area (Å²) in [5.74, 6) is 0.223. The zero-order chi connectivity index (χ0) is 30.1. The highest BCUT2D eigenvalue weighted by Crippen LogP contribution is 2.45. The highest BCUT2D eigenvalue weighted by atomic mass is 35.5. The minimum absolute atomic E-state index is 0.0956. The second-order valence-corrected chi connectivity index (χ2v) is 11.1. The average molecular weight is 601 g/mol. The topological polar surface area (TPSA) is 121 Å². The third kappa shape index (κ3) is 6.03. The summed E-state index contributed by atoms with van der Waals surface area (Å²) in [5.41, 5.74) is 9.24. The van der Waals surface area contributed by atoms with Gasteiger partial charge < -0.3 is 24.8 Å². The average Bonchev–Trinajstić information content (AvgIpc) is 3.33. The van der Waals surface area contributed by atoms with Crippen LogP contribution in [0.5, 0.6) is 11.5 Å². The minimum atomic E-state index is -0.491. The van der Waals surface area contributed by atoms with E-state index < -0.39 is 11.5 Å². The van der Waals surface area contributed by atoms with Gasteiger partial charge in [-0.1, -0.05) is 23.2 Å². The van der Waals surface area contributed by atoms with E-state index in [1.165, 1.54) is 26.6 Å². The predicted octanol–water partition coefficient (Wildman–Crippen LogP) is 5.16. The predicted molar refractivity (Wildman–Crippen MR) is 159 cm³/mol. The van der Waals surface area contributed by atoms with E-state index in [4.69, 9.17) is 43.5 Å². The van der Waals surface area contributed by atoms with E-state index in [-0.39, 0.29) is 24.8 Å². The molecule has 10 nitrogen and oxygen atoms in total. The van der Waals surface area contributed by atoms with Crippen LogP contribution in [0, 0.1) is 0 Å². The fraction of sp³-hybridized carbons (Fsp3) is 0.310. The third-order valence-corrected chi connectivity index (χ3v) is 7.12. The lowest BCUT2D eigenvalue weighted by atomic mass is 9.96. The quantitative estimate of drug-likeness (QED) is 0.294. The third-order valence-electron chi connectivity index (χ3n) is 6.69. The number of halogens is 2. The monoisotopic (exact) mass is 599 g/mol. The first kappa shape index (κ1) is 30.0. The number of nitrogens with two attached hydrogens (primary N) is 1. The lowest BCUT2D eigenvalue weighted by molar-refractivity contribution is -0.138. The van der Waals surface area contributed by atoms with Gasteiger partial charge in [-0.3, -0.25) is 14.6 Å². The SMILES string of the molecule is COC(=O)CN=CC(=CN)c1cc2c(cc1OC)OCc1c(C(=O)N(C)C(C)(C)C)nn(-c3cc(Cl)cc(Cl)c3)c1-2. The Morgan fingerprint density at radius 3 is 2.44 bits per heavy atom. The normalized spacial score (nSPS) is 12.9. The molecule has 41 heavy (non-hydrogen) atoms. The molecule has 3 aromatic rings. The van der Waals surface area contributed by atoms with E-state index >= 15 is 0 Å². The Labute approximate surface area is 248 Å². The number of aromatic nitrogens is 2. The molecule has 0 saturated carbocycles. The number of aliphatic imine (C=N–C) groups is 1. The van der Waals surface area contributed by atoms with Crippen LogP contribution in [-0.4, -0.2) is 66.1 Å². The van der Waals surface area contributed by atoms with Crippen molar-refractivity contribution in [2.75, 3.05) is 27.8 Å². The summed E-state index contributed by atoms with van der Waals surface area (Å²) in [4.78, 5) is 31.1. The number of methoxy groups -OCH3 is 2. The first-order chi connectivity index (χ1) is 19.4. The maximum absolute atomic E-state index is 13.7. The zero-order valence-electron chi connectivity index (χ0n) is 23.6. The number of carbonyl (C=O) groups excluding carboxylic acids is 2. The maximum atomic E-state index is 13.7. The van der Waals surface area contributed by atoms with Crippen molar-refractivity contribution in [3.63, 3.8) is 0 Å². The van der Waals surface area contributed by atoms with E-state index in [1.54, 1.807) is 40.9 Å². The van der Waals surface area contributed by atoms with Gasteiger partial charge in [-0.15, -0.1) is 0 Å². The number of esters is 1. The number of fused-ring (bicyclic) bond motifs is 3. The van der Waals surface area contributed by atoms with Crippen molar-refractivity contribution in [2.24, 2.45) is 10.7 Å². The van der Waals surface area contributed by atoms with E-state index in [1.807, 2.05) is 26.8 Å². The molecule has 1 amide bonds. The van der Waals surface area contributed by atoms with Gasteiger partial charge in [-0.05, 0) is 45.0 Å². The molecule has 0 fully saturated rings. The van der Waals surface area contributed by atoms with E-state index in [0.29, 0.717) is 55.2 Å². The Morgan fingerprint density at radius 2 is 1.85 bits per heavy atom. The largest absolute Gasteiger partial charge is 0.496 e. The van der Waals surface area contributed by atoms with Crippen molar-refractivity contribution in [3.05, 3.63) is 63.4 Å². The Hall–Kier alpha value is -4.02. The highest BCUT2D eigenvalue weighted by Gasteiger charge is 2.34. The molecule has 2 heterocycles. The van der Waals surface area contributed by atoms with Gasteiger partial charge in [0.2, 0.25) is 0 Å². The number of carbonyl (C=O) groups is 2. The summed E-state index contributed by atoms with van der Waals surface area (Å²) < 4.78 is 18.1. The molecular formula is C29H31Cl2N5O5. The summed E-state index contributed by atoms with van der Waals surface area (Å²) >= 11 is 12.7. The fourth-order valence-electron chi connectivity index (χ4n) is 4.24. The molecule has 0 aliphatic carbocycles. The molecule has 0 saturated heterocycles. The number of hydrogen-bond acceptors (Lipinski definition) is 8. The molecule has 1 aliphatic rings. The zero-order valence-corrected chi connectivity index (χ0v) is 25.1. The maximum Gasteiger partial charge on any atom is 0.327 e. The van der Waals surface area contributed by atoms with Gasteiger partial charge in [0.25, 0.3) is 5.91 Å². The fourth-order valence-corrected chi connectivity index (χ4v) is 4.76. The summed E-state index contributed by atoms with van der Waals surface area (Å²) in [6.45, 7) is 5.75. The highest BCUT2D eigenvalue weighted by molar-refractivity contribution is 6.34. The van der Waals surface area contributed by atoms with Crippen LogP contribution in [0.3, 0.4) is 0 Å². The summed E-state index contributed by atoms with van der Waals surface area (Å²) in [7, 11) is 4.54. The number of nitrogens with zero attached hydrogens (tertiary/aromatic N) is 4. The molecule has 2 aromatic carbocycles. The molecule has 0 radical (unpaired) electrons. The molecule has 12 heteroatoms.